The molecule has 21 heavy (non-hydrogen) atoms. The first kappa shape index (κ1) is 15.5. The van der Waals surface area contributed by atoms with E-state index in [0.29, 0.717) is 5.56 Å². The molecule has 6 nitrogen and oxygen atoms in total. The van der Waals surface area contributed by atoms with Crippen LogP contribution in [0.25, 0.3) is 0 Å². The Hall–Kier alpha value is -1.89. The van der Waals surface area contributed by atoms with E-state index in [-0.39, 0.29) is 18.9 Å². The Balaban J connectivity index is 2.27. The Morgan fingerprint density at radius 1 is 1.38 bits per heavy atom. The molecule has 112 valence electrons. The molecule has 1 heterocycles. The molecule has 1 saturated heterocycles. The molecule has 1 aromatic rings. The molecule has 1 aliphatic heterocycles. The zero-order chi connectivity index (χ0) is 15.6. The third-order valence-electron chi connectivity index (χ3n) is 3.42. The summed E-state index contributed by atoms with van der Waals surface area (Å²) in [5, 5.41) is 9.43. The van der Waals surface area contributed by atoms with Gasteiger partial charge in [0.1, 0.15) is 0 Å². The lowest BCUT2D eigenvalue weighted by Gasteiger charge is -2.25. The van der Waals surface area contributed by atoms with Crippen molar-refractivity contribution in [3.63, 3.8) is 0 Å². The largest absolute Gasteiger partial charge is 0.479 e. The number of benzene rings is 1. The molecule has 0 aliphatic carbocycles. The zero-order valence-electron chi connectivity index (χ0n) is 11.3. The van der Waals surface area contributed by atoms with Crippen LogP contribution in [0, 0.1) is 5.92 Å². The summed E-state index contributed by atoms with van der Waals surface area (Å²) < 4.78 is 5.44. The number of rotatable bonds is 4. The molecule has 0 radical (unpaired) electrons. The van der Waals surface area contributed by atoms with Gasteiger partial charge in [0, 0.05) is 17.4 Å². The molecule has 0 spiro atoms. The number of halogens is 1. The predicted molar refractivity (Wildman–Crippen MR) is 76.4 cm³/mol. The number of ether oxygens (including phenoxy) is 1. The van der Waals surface area contributed by atoms with E-state index in [2.05, 4.69) is 20.7 Å². The molecule has 1 fully saturated rings. The Bertz CT molecular complexity index is 571. The van der Waals surface area contributed by atoms with Crippen LogP contribution >= 0.6 is 15.9 Å². The number of hydrogen-bond acceptors (Lipinski definition) is 4. The minimum Gasteiger partial charge on any atom is -0.479 e. The topological polar surface area (TPSA) is 83.9 Å². The van der Waals surface area contributed by atoms with Gasteiger partial charge in [0.15, 0.2) is 6.04 Å². The van der Waals surface area contributed by atoms with E-state index in [1.165, 1.54) is 12.0 Å². The average Bonchev–Trinajstić information content (AvgIpc) is 2.82. The van der Waals surface area contributed by atoms with Gasteiger partial charge in [0.25, 0.3) is 0 Å². The SMILES string of the molecule is COC(=O)C1CC(=O)N(C(C(=O)O)c2ccc(Br)cc2)C1. The normalized spacial score (nSPS) is 19.4. The van der Waals surface area contributed by atoms with Crippen molar-refractivity contribution in [3.05, 3.63) is 34.3 Å². The lowest BCUT2D eigenvalue weighted by Crippen LogP contribution is -2.35. The summed E-state index contributed by atoms with van der Waals surface area (Å²) in [5.41, 5.74) is 0.490. The fraction of sp³-hybridized carbons (Fsp3) is 0.357. The molecule has 2 rings (SSSR count). The number of aliphatic carboxylic acids is 1. The van der Waals surface area contributed by atoms with E-state index in [0.717, 1.165) is 4.47 Å². The Labute approximate surface area is 129 Å². The second-order valence-electron chi connectivity index (χ2n) is 4.76. The van der Waals surface area contributed by atoms with Gasteiger partial charge in [0.2, 0.25) is 5.91 Å². The standard InChI is InChI=1S/C14H14BrNO5/c1-21-14(20)9-6-11(17)16(7-9)12(13(18)19)8-2-4-10(15)5-3-8/h2-5,9,12H,6-7H2,1H3,(H,18,19). The number of carbonyl (C=O) groups is 3. The molecular weight excluding hydrogens is 342 g/mol. The quantitative estimate of drug-likeness (QED) is 0.829. The van der Waals surface area contributed by atoms with Gasteiger partial charge < -0.3 is 14.7 Å². The molecule has 0 aromatic heterocycles. The summed E-state index contributed by atoms with van der Waals surface area (Å²) >= 11 is 3.28. The third kappa shape index (κ3) is 3.24. The Morgan fingerprint density at radius 2 is 2.00 bits per heavy atom. The number of carboxylic acid groups (broad SMARTS) is 1. The number of likely N-dealkylation sites (tertiary alicyclic amines) is 1. The first-order valence-electron chi connectivity index (χ1n) is 6.29. The maximum absolute atomic E-state index is 12.0. The highest BCUT2D eigenvalue weighted by Gasteiger charge is 2.41. The molecular formula is C14H14BrNO5. The van der Waals surface area contributed by atoms with Crippen LogP contribution in [0.1, 0.15) is 18.0 Å². The van der Waals surface area contributed by atoms with Gasteiger partial charge in [-0.25, -0.2) is 4.79 Å². The number of amides is 1. The van der Waals surface area contributed by atoms with E-state index in [4.69, 9.17) is 0 Å². The van der Waals surface area contributed by atoms with Crippen LogP contribution in [0.4, 0.5) is 0 Å². The summed E-state index contributed by atoms with van der Waals surface area (Å²) in [5.74, 6) is -2.59. The van der Waals surface area contributed by atoms with Gasteiger partial charge in [0.05, 0.1) is 13.0 Å². The smallest absolute Gasteiger partial charge is 0.331 e. The highest BCUT2D eigenvalue weighted by atomic mass is 79.9. The van der Waals surface area contributed by atoms with Gasteiger partial charge >= 0.3 is 11.9 Å². The van der Waals surface area contributed by atoms with Gasteiger partial charge in [-0.2, -0.15) is 0 Å². The number of carboxylic acids is 1. The predicted octanol–water partition coefficient (Wildman–Crippen LogP) is 1.60. The molecule has 7 heteroatoms. The molecule has 2 unspecified atom stereocenters. The van der Waals surface area contributed by atoms with Crippen molar-refractivity contribution in [2.75, 3.05) is 13.7 Å². The van der Waals surface area contributed by atoms with Crippen molar-refractivity contribution in [2.24, 2.45) is 5.92 Å². The summed E-state index contributed by atoms with van der Waals surface area (Å²) in [4.78, 5) is 36.3. The van der Waals surface area contributed by atoms with E-state index in [1.807, 2.05) is 0 Å². The second-order valence-corrected chi connectivity index (χ2v) is 5.68. The zero-order valence-corrected chi connectivity index (χ0v) is 12.9. The lowest BCUT2D eigenvalue weighted by atomic mass is 10.1. The Kier molecular flexibility index (Phi) is 4.62. The van der Waals surface area contributed by atoms with Crippen molar-refractivity contribution >= 4 is 33.8 Å². The van der Waals surface area contributed by atoms with Gasteiger partial charge in [-0.15, -0.1) is 0 Å². The van der Waals surface area contributed by atoms with Crippen molar-refractivity contribution < 1.29 is 24.2 Å². The van der Waals surface area contributed by atoms with Crippen LogP contribution in [0.3, 0.4) is 0 Å². The van der Waals surface area contributed by atoms with Crippen LogP contribution < -0.4 is 0 Å². The van der Waals surface area contributed by atoms with Crippen LogP contribution in [-0.2, 0) is 19.1 Å². The fourth-order valence-corrected chi connectivity index (χ4v) is 2.67. The average molecular weight is 356 g/mol. The molecule has 1 amide bonds. The molecule has 2 atom stereocenters. The van der Waals surface area contributed by atoms with Gasteiger partial charge in [-0.3, -0.25) is 9.59 Å². The minimum atomic E-state index is -1.13. The first-order chi connectivity index (χ1) is 9.93. The van der Waals surface area contributed by atoms with Crippen molar-refractivity contribution in [2.45, 2.75) is 12.5 Å². The summed E-state index contributed by atoms with van der Waals surface area (Å²) in [7, 11) is 1.25. The molecule has 0 saturated carbocycles. The number of methoxy groups -OCH3 is 1. The van der Waals surface area contributed by atoms with Crippen LogP contribution in [0.15, 0.2) is 28.7 Å². The first-order valence-corrected chi connectivity index (χ1v) is 7.09. The van der Waals surface area contributed by atoms with Crippen LogP contribution in [0.5, 0.6) is 0 Å². The number of hydrogen-bond donors (Lipinski definition) is 1. The fourth-order valence-electron chi connectivity index (χ4n) is 2.41. The van der Waals surface area contributed by atoms with Gasteiger partial charge in [-0.05, 0) is 17.7 Å². The van der Waals surface area contributed by atoms with Crippen LogP contribution in [0.2, 0.25) is 0 Å². The number of carbonyl (C=O) groups excluding carboxylic acids is 2. The minimum absolute atomic E-state index is 0.0209. The van der Waals surface area contributed by atoms with Crippen molar-refractivity contribution in [3.8, 4) is 0 Å². The highest BCUT2D eigenvalue weighted by molar-refractivity contribution is 9.10. The second kappa shape index (κ2) is 6.26. The summed E-state index contributed by atoms with van der Waals surface area (Å²) in [6.07, 6.45) is -0.0209. The maximum Gasteiger partial charge on any atom is 0.331 e. The molecule has 1 aliphatic rings. The summed E-state index contributed by atoms with van der Waals surface area (Å²) in [6.45, 7) is 0.0541. The highest BCUT2D eigenvalue weighted by Crippen LogP contribution is 2.30. The monoisotopic (exact) mass is 355 g/mol. The molecule has 1 N–H and O–H groups in total. The maximum atomic E-state index is 12.0. The lowest BCUT2D eigenvalue weighted by molar-refractivity contribution is -0.149. The number of esters is 1. The third-order valence-corrected chi connectivity index (χ3v) is 3.95. The van der Waals surface area contributed by atoms with Crippen molar-refractivity contribution in [1.29, 1.82) is 0 Å². The van der Waals surface area contributed by atoms with E-state index in [9.17, 15) is 19.5 Å². The number of nitrogens with zero attached hydrogens (tertiary/aromatic N) is 1. The summed E-state index contributed by atoms with van der Waals surface area (Å²) in [6, 6.07) is 5.61. The van der Waals surface area contributed by atoms with E-state index in [1.54, 1.807) is 24.3 Å². The van der Waals surface area contributed by atoms with Gasteiger partial charge in [-0.1, -0.05) is 28.1 Å². The van der Waals surface area contributed by atoms with E-state index < -0.39 is 23.9 Å². The molecule has 0 bridgehead atoms. The Morgan fingerprint density at radius 3 is 2.52 bits per heavy atom. The van der Waals surface area contributed by atoms with Crippen molar-refractivity contribution in [1.82, 2.24) is 4.90 Å². The van der Waals surface area contributed by atoms with E-state index >= 15 is 0 Å². The molecule has 1 aromatic carbocycles. The van der Waals surface area contributed by atoms with Crippen LogP contribution in [-0.4, -0.2) is 41.5 Å².